The average Bonchev–Trinajstić information content (AvgIpc) is 2.52. The van der Waals surface area contributed by atoms with Gasteiger partial charge < -0.3 is 15.2 Å². The molecule has 0 fully saturated rings. The maximum Gasteiger partial charge on any atom is 0.131 e. The van der Waals surface area contributed by atoms with Crippen molar-refractivity contribution < 1.29 is 9.47 Å². The Hall–Kier alpha value is -2.21. The van der Waals surface area contributed by atoms with Crippen LogP contribution in [-0.4, -0.2) is 0 Å². The summed E-state index contributed by atoms with van der Waals surface area (Å²) < 4.78 is 12.8. The van der Waals surface area contributed by atoms with Gasteiger partial charge in [-0.05, 0) is 83.3 Å². The van der Waals surface area contributed by atoms with E-state index in [1.54, 1.807) is 12.1 Å². The topological polar surface area (TPSA) is 44.5 Å². The normalized spacial score (nSPS) is 10.2. The second kappa shape index (κ2) is 6.70. The Labute approximate surface area is 142 Å². The largest absolute Gasteiger partial charge is 0.457 e. The first kappa shape index (κ1) is 14.7. The van der Waals surface area contributed by atoms with E-state index in [0.29, 0.717) is 11.4 Å². The van der Waals surface area contributed by atoms with Gasteiger partial charge in [-0.3, -0.25) is 0 Å². The van der Waals surface area contributed by atoms with Crippen LogP contribution in [0.2, 0.25) is 0 Å². The van der Waals surface area contributed by atoms with Gasteiger partial charge in [0.2, 0.25) is 0 Å². The van der Waals surface area contributed by atoms with Gasteiger partial charge in [-0.25, -0.2) is 0 Å². The summed E-state index contributed by atoms with van der Waals surface area (Å²) >= 11 is 2.26. The van der Waals surface area contributed by atoms with Crippen molar-refractivity contribution in [3.05, 3.63) is 76.4 Å². The zero-order valence-corrected chi connectivity index (χ0v) is 13.9. The highest BCUT2D eigenvalue weighted by atomic mass is 127. The molecule has 22 heavy (non-hydrogen) atoms. The van der Waals surface area contributed by atoms with E-state index in [1.165, 1.54) is 3.57 Å². The lowest BCUT2D eigenvalue weighted by atomic mass is 10.3. The standard InChI is InChI=1S/C18H14INO2/c19-13-4-8-15(9-5-13)21-17-2-1-3-18(12-17)22-16-10-6-14(20)7-11-16/h1-12H,20H2. The molecule has 110 valence electrons. The highest BCUT2D eigenvalue weighted by molar-refractivity contribution is 14.1. The molecule has 3 aromatic carbocycles. The van der Waals surface area contributed by atoms with E-state index in [1.807, 2.05) is 60.7 Å². The molecule has 0 saturated carbocycles. The van der Waals surface area contributed by atoms with Crippen molar-refractivity contribution in [1.29, 1.82) is 0 Å². The lowest BCUT2D eigenvalue weighted by molar-refractivity contribution is 0.460. The third kappa shape index (κ3) is 3.92. The van der Waals surface area contributed by atoms with Crippen LogP contribution in [0.5, 0.6) is 23.0 Å². The first-order valence-corrected chi connectivity index (χ1v) is 7.84. The zero-order valence-electron chi connectivity index (χ0n) is 11.7. The van der Waals surface area contributed by atoms with E-state index in [4.69, 9.17) is 15.2 Å². The molecule has 0 heterocycles. The molecule has 0 aliphatic rings. The number of halogens is 1. The molecule has 0 amide bonds. The lowest BCUT2D eigenvalue weighted by Crippen LogP contribution is -1.88. The highest BCUT2D eigenvalue weighted by Gasteiger charge is 2.02. The fraction of sp³-hybridized carbons (Fsp3) is 0. The Balaban J connectivity index is 1.74. The quantitative estimate of drug-likeness (QED) is 0.465. The third-order valence-corrected chi connectivity index (χ3v) is 3.69. The van der Waals surface area contributed by atoms with E-state index in [-0.39, 0.29) is 0 Å². The van der Waals surface area contributed by atoms with Gasteiger partial charge in [-0.1, -0.05) is 6.07 Å². The van der Waals surface area contributed by atoms with Crippen LogP contribution in [0.4, 0.5) is 5.69 Å². The highest BCUT2D eigenvalue weighted by Crippen LogP contribution is 2.28. The van der Waals surface area contributed by atoms with Gasteiger partial charge in [-0.15, -0.1) is 0 Å². The van der Waals surface area contributed by atoms with Gasteiger partial charge >= 0.3 is 0 Å². The van der Waals surface area contributed by atoms with Crippen molar-refractivity contribution in [3.8, 4) is 23.0 Å². The molecule has 0 unspecified atom stereocenters. The minimum atomic E-state index is 0.711. The monoisotopic (exact) mass is 403 g/mol. The van der Waals surface area contributed by atoms with E-state index in [9.17, 15) is 0 Å². The van der Waals surface area contributed by atoms with E-state index >= 15 is 0 Å². The first-order chi connectivity index (χ1) is 10.7. The van der Waals surface area contributed by atoms with E-state index < -0.39 is 0 Å². The van der Waals surface area contributed by atoms with Crippen LogP contribution in [0.1, 0.15) is 0 Å². The summed E-state index contributed by atoms with van der Waals surface area (Å²) in [5.41, 5.74) is 6.38. The summed E-state index contributed by atoms with van der Waals surface area (Å²) in [7, 11) is 0. The smallest absolute Gasteiger partial charge is 0.131 e. The summed E-state index contributed by atoms with van der Waals surface area (Å²) in [6.45, 7) is 0. The van der Waals surface area contributed by atoms with Crippen molar-refractivity contribution in [2.45, 2.75) is 0 Å². The minimum Gasteiger partial charge on any atom is -0.457 e. The van der Waals surface area contributed by atoms with Gasteiger partial charge in [-0.2, -0.15) is 0 Å². The number of ether oxygens (including phenoxy) is 2. The summed E-state index contributed by atoms with van der Waals surface area (Å²) in [6, 6.07) is 22.7. The summed E-state index contributed by atoms with van der Waals surface area (Å²) in [6.07, 6.45) is 0. The fourth-order valence-electron chi connectivity index (χ4n) is 1.91. The predicted octanol–water partition coefficient (Wildman–Crippen LogP) is 5.46. The molecule has 0 saturated heterocycles. The number of hydrogen-bond donors (Lipinski definition) is 1. The zero-order chi connectivity index (χ0) is 15.4. The lowest BCUT2D eigenvalue weighted by Gasteiger charge is -2.09. The van der Waals surface area contributed by atoms with Gasteiger partial charge in [0, 0.05) is 15.3 Å². The van der Waals surface area contributed by atoms with E-state index in [0.717, 1.165) is 17.2 Å². The Kier molecular flexibility index (Phi) is 4.48. The molecular weight excluding hydrogens is 389 g/mol. The van der Waals surface area contributed by atoms with Gasteiger partial charge in [0.05, 0.1) is 0 Å². The van der Waals surface area contributed by atoms with Crippen LogP contribution < -0.4 is 15.2 Å². The summed E-state index contributed by atoms with van der Waals surface area (Å²) in [5.74, 6) is 2.98. The molecule has 0 aromatic heterocycles. The van der Waals surface area contributed by atoms with Crippen LogP contribution in [-0.2, 0) is 0 Å². The van der Waals surface area contributed by atoms with Crippen molar-refractivity contribution in [3.63, 3.8) is 0 Å². The average molecular weight is 403 g/mol. The number of rotatable bonds is 4. The molecule has 3 nitrogen and oxygen atoms in total. The Bertz CT molecular complexity index is 692. The maximum atomic E-state index is 5.83. The first-order valence-electron chi connectivity index (χ1n) is 6.76. The minimum absolute atomic E-state index is 0.711. The second-order valence-corrected chi connectivity index (χ2v) is 5.95. The maximum absolute atomic E-state index is 5.83. The van der Waals surface area contributed by atoms with Crippen molar-refractivity contribution in [2.75, 3.05) is 5.73 Å². The van der Waals surface area contributed by atoms with Gasteiger partial charge in [0.1, 0.15) is 23.0 Å². The molecule has 3 rings (SSSR count). The molecule has 0 spiro atoms. The molecular formula is C18H14INO2. The van der Waals surface area contributed by atoms with Crippen LogP contribution in [0.3, 0.4) is 0 Å². The fourth-order valence-corrected chi connectivity index (χ4v) is 2.27. The van der Waals surface area contributed by atoms with Crippen molar-refractivity contribution >= 4 is 28.3 Å². The molecule has 0 radical (unpaired) electrons. The van der Waals surface area contributed by atoms with Crippen LogP contribution in [0, 0.1) is 3.57 Å². The number of hydrogen-bond acceptors (Lipinski definition) is 3. The van der Waals surface area contributed by atoms with Crippen molar-refractivity contribution in [2.24, 2.45) is 0 Å². The van der Waals surface area contributed by atoms with E-state index in [2.05, 4.69) is 22.6 Å². The molecule has 3 aromatic rings. The number of benzene rings is 3. The van der Waals surface area contributed by atoms with Crippen LogP contribution >= 0.6 is 22.6 Å². The molecule has 2 N–H and O–H groups in total. The van der Waals surface area contributed by atoms with Crippen LogP contribution in [0.25, 0.3) is 0 Å². The number of nitrogen functional groups attached to an aromatic ring is 1. The Morgan fingerprint density at radius 3 is 1.68 bits per heavy atom. The van der Waals surface area contributed by atoms with Gasteiger partial charge in [0.15, 0.2) is 0 Å². The Morgan fingerprint density at radius 1 is 0.636 bits per heavy atom. The summed E-state index contributed by atoms with van der Waals surface area (Å²) in [5, 5.41) is 0. The summed E-state index contributed by atoms with van der Waals surface area (Å²) in [4.78, 5) is 0. The SMILES string of the molecule is Nc1ccc(Oc2cccc(Oc3ccc(I)cc3)c2)cc1. The number of nitrogens with two attached hydrogens (primary N) is 1. The number of anilines is 1. The van der Waals surface area contributed by atoms with Crippen molar-refractivity contribution in [1.82, 2.24) is 0 Å². The van der Waals surface area contributed by atoms with Gasteiger partial charge in [0.25, 0.3) is 0 Å². The molecule has 0 bridgehead atoms. The second-order valence-electron chi connectivity index (χ2n) is 4.70. The third-order valence-electron chi connectivity index (χ3n) is 2.97. The molecule has 0 aliphatic carbocycles. The molecule has 0 atom stereocenters. The molecule has 4 heteroatoms. The molecule has 0 aliphatic heterocycles. The Morgan fingerprint density at radius 2 is 1.14 bits per heavy atom. The van der Waals surface area contributed by atoms with Crippen LogP contribution in [0.15, 0.2) is 72.8 Å². The predicted molar refractivity (Wildman–Crippen MR) is 96.6 cm³/mol.